The Morgan fingerprint density at radius 2 is 1.77 bits per heavy atom. The van der Waals surface area contributed by atoms with Crippen LogP contribution in [0.25, 0.3) is 0 Å². The largest absolute Gasteiger partial charge is 0.504 e. The molecular formula is C28H32N2O5. The van der Waals surface area contributed by atoms with Crippen LogP contribution in [0.15, 0.2) is 24.3 Å². The van der Waals surface area contributed by atoms with Crippen molar-refractivity contribution in [2.45, 2.75) is 80.6 Å². The number of ether oxygens (including phenoxy) is 1. The van der Waals surface area contributed by atoms with E-state index in [9.17, 15) is 19.8 Å². The number of rotatable bonds is 3. The predicted octanol–water partition coefficient (Wildman–Crippen LogP) is 2.28. The number of hydrogen-bond acceptors (Lipinski definition) is 6. The van der Waals surface area contributed by atoms with Gasteiger partial charge in [-0.3, -0.25) is 19.4 Å². The van der Waals surface area contributed by atoms with Crippen LogP contribution in [0.3, 0.4) is 0 Å². The molecule has 8 rings (SSSR count). The molecule has 4 aliphatic carbocycles. The maximum atomic E-state index is 13.6. The van der Waals surface area contributed by atoms with Gasteiger partial charge in [-0.25, -0.2) is 0 Å². The second-order valence-electron chi connectivity index (χ2n) is 12.1. The summed E-state index contributed by atoms with van der Waals surface area (Å²) >= 11 is 0. The molecule has 3 aliphatic heterocycles. The van der Waals surface area contributed by atoms with E-state index >= 15 is 0 Å². The van der Waals surface area contributed by atoms with E-state index in [0.29, 0.717) is 37.9 Å². The standard InChI is InChI=1S/C28H32N2O5/c31-20-8-7-16-13-21-28(34)10-9-19(30-25(32)17-3-1-2-4-18(17)26(30)33)24-27(28,22(16)23(20)35-24)11-12-29(21)14-15-5-6-15/h1-2,7-8,15,17-19,21,24,31,34H,3-6,9-14H2. The number of phenolic OH excluding ortho intramolecular Hbond substituents is 1. The Morgan fingerprint density at radius 3 is 2.49 bits per heavy atom. The third kappa shape index (κ3) is 2.40. The fraction of sp³-hybridized carbons (Fsp3) is 0.643. The van der Waals surface area contributed by atoms with Gasteiger partial charge in [-0.2, -0.15) is 0 Å². The maximum absolute atomic E-state index is 13.6. The summed E-state index contributed by atoms with van der Waals surface area (Å²) in [7, 11) is 0. The summed E-state index contributed by atoms with van der Waals surface area (Å²) in [4.78, 5) is 31.2. The quantitative estimate of drug-likeness (QED) is 0.514. The molecule has 2 bridgehead atoms. The fourth-order valence-electron chi connectivity index (χ4n) is 8.87. The number of carbonyl (C=O) groups is 2. The molecular weight excluding hydrogens is 444 g/mol. The minimum absolute atomic E-state index is 0.0105. The van der Waals surface area contributed by atoms with Crippen molar-refractivity contribution < 1.29 is 24.5 Å². The third-order valence-electron chi connectivity index (χ3n) is 10.6. The van der Waals surface area contributed by atoms with E-state index in [0.717, 1.165) is 36.6 Å². The average molecular weight is 477 g/mol. The summed E-state index contributed by atoms with van der Waals surface area (Å²) in [6, 6.07) is 3.26. The number of likely N-dealkylation sites (tertiary alicyclic amines) is 2. The summed E-state index contributed by atoms with van der Waals surface area (Å²) in [5.41, 5.74) is 0.353. The molecule has 1 spiro atoms. The van der Waals surface area contributed by atoms with Crippen molar-refractivity contribution in [2.75, 3.05) is 13.1 Å². The van der Waals surface area contributed by atoms with Gasteiger partial charge in [-0.15, -0.1) is 0 Å². The molecule has 7 nitrogen and oxygen atoms in total. The molecule has 7 unspecified atom stereocenters. The number of piperidine rings is 1. The fourth-order valence-corrected chi connectivity index (χ4v) is 8.87. The molecule has 7 atom stereocenters. The summed E-state index contributed by atoms with van der Waals surface area (Å²) < 4.78 is 6.59. The van der Waals surface area contributed by atoms with Crippen molar-refractivity contribution >= 4 is 11.8 Å². The molecule has 4 fully saturated rings. The van der Waals surface area contributed by atoms with Crippen molar-refractivity contribution in [3.8, 4) is 11.5 Å². The van der Waals surface area contributed by atoms with E-state index in [2.05, 4.69) is 4.90 Å². The minimum atomic E-state index is -1.01. The van der Waals surface area contributed by atoms with E-state index in [1.807, 2.05) is 18.2 Å². The maximum Gasteiger partial charge on any atom is 0.233 e. The lowest BCUT2D eigenvalue weighted by Crippen LogP contribution is -2.78. The normalized spacial score (nSPS) is 43.2. The highest BCUT2D eigenvalue weighted by Crippen LogP contribution is 2.66. The summed E-state index contributed by atoms with van der Waals surface area (Å²) in [6.07, 6.45) is 9.78. The molecule has 2 saturated heterocycles. The number of aliphatic hydroxyl groups is 1. The number of aromatic hydroxyl groups is 1. The van der Waals surface area contributed by atoms with Gasteiger partial charge in [0, 0.05) is 18.2 Å². The van der Waals surface area contributed by atoms with E-state index in [1.54, 1.807) is 6.07 Å². The summed E-state index contributed by atoms with van der Waals surface area (Å²) in [5, 5.41) is 23.4. The Kier molecular flexibility index (Phi) is 3.97. The first-order valence-corrected chi connectivity index (χ1v) is 13.4. The van der Waals surface area contributed by atoms with E-state index in [4.69, 9.17) is 4.74 Å². The van der Waals surface area contributed by atoms with Crippen LogP contribution >= 0.6 is 0 Å². The van der Waals surface area contributed by atoms with Gasteiger partial charge >= 0.3 is 0 Å². The molecule has 2 N–H and O–H groups in total. The Hall–Kier alpha value is -2.38. The summed E-state index contributed by atoms with van der Waals surface area (Å²) in [6.45, 7) is 1.89. The predicted molar refractivity (Wildman–Crippen MR) is 126 cm³/mol. The van der Waals surface area contributed by atoms with Gasteiger partial charge in [-0.1, -0.05) is 18.2 Å². The highest BCUT2D eigenvalue weighted by atomic mass is 16.5. The molecule has 1 aromatic carbocycles. The van der Waals surface area contributed by atoms with Crippen molar-refractivity contribution in [3.63, 3.8) is 0 Å². The molecule has 7 aliphatic rings. The van der Waals surface area contributed by atoms with Crippen LogP contribution in [0.2, 0.25) is 0 Å². The zero-order valence-corrected chi connectivity index (χ0v) is 19.9. The number of benzene rings is 1. The van der Waals surface area contributed by atoms with Gasteiger partial charge in [0.2, 0.25) is 11.8 Å². The molecule has 2 amide bonds. The highest BCUT2D eigenvalue weighted by Gasteiger charge is 2.74. The number of carbonyl (C=O) groups excluding carboxylic acids is 2. The molecule has 1 aromatic rings. The number of imide groups is 1. The number of phenols is 1. The van der Waals surface area contributed by atoms with Crippen molar-refractivity contribution in [2.24, 2.45) is 17.8 Å². The van der Waals surface area contributed by atoms with Gasteiger partial charge in [0.15, 0.2) is 11.5 Å². The van der Waals surface area contributed by atoms with Crippen LogP contribution in [-0.2, 0) is 21.4 Å². The first kappa shape index (κ1) is 20.8. The van der Waals surface area contributed by atoms with Gasteiger partial charge in [0.25, 0.3) is 0 Å². The lowest BCUT2D eigenvalue weighted by atomic mass is 9.48. The molecule has 7 heteroatoms. The summed E-state index contributed by atoms with van der Waals surface area (Å²) in [5.74, 6) is 0.552. The topological polar surface area (TPSA) is 90.3 Å². The zero-order chi connectivity index (χ0) is 23.7. The minimum Gasteiger partial charge on any atom is -0.504 e. The number of amides is 2. The number of hydrogen-bond donors (Lipinski definition) is 2. The van der Waals surface area contributed by atoms with Crippen LogP contribution in [0, 0.1) is 17.8 Å². The number of nitrogens with zero attached hydrogens (tertiary/aromatic N) is 2. The van der Waals surface area contributed by atoms with Crippen LogP contribution < -0.4 is 4.74 Å². The molecule has 35 heavy (non-hydrogen) atoms. The van der Waals surface area contributed by atoms with Crippen LogP contribution in [0.5, 0.6) is 11.5 Å². The van der Waals surface area contributed by atoms with Gasteiger partial charge in [-0.05, 0) is 75.5 Å². The van der Waals surface area contributed by atoms with Gasteiger partial charge in [0.1, 0.15) is 6.10 Å². The molecule has 0 radical (unpaired) electrons. The second kappa shape index (κ2) is 6.68. The first-order valence-electron chi connectivity index (χ1n) is 13.4. The van der Waals surface area contributed by atoms with Crippen LogP contribution in [0.4, 0.5) is 0 Å². The van der Waals surface area contributed by atoms with Crippen molar-refractivity contribution in [1.82, 2.24) is 9.80 Å². The van der Waals surface area contributed by atoms with E-state index < -0.39 is 23.2 Å². The zero-order valence-electron chi connectivity index (χ0n) is 19.9. The molecule has 0 aromatic heterocycles. The third-order valence-corrected chi connectivity index (χ3v) is 10.6. The van der Waals surface area contributed by atoms with Crippen LogP contribution in [0.1, 0.15) is 56.1 Å². The Bertz CT molecular complexity index is 1170. The molecule has 184 valence electrons. The first-order chi connectivity index (χ1) is 16.9. The van der Waals surface area contributed by atoms with Crippen molar-refractivity contribution in [1.29, 1.82) is 0 Å². The number of allylic oxidation sites excluding steroid dienone is 2. The van der Waals surface area contributed by atoms with Crippen LogP contribution in [-0.4, -0.2) is 68.7 Å². The lowest BCUT2D eigenvalue weighted by molar-refractivity contribution is -0.201. The molecule has 3 heterocycles. The van der Waals surface area contributed by atoms with E-state index in [-0.39, 0.29) is 35.4 Å². The Balaban J connectivity index is 1.25. The van der Waals surface area contributed by atoms with Gasteiger partial charge in [0.05, 0.1) is 28.9 Å². The van der Waals surface area contributed by atoms with Crippen molar-refractivity contribution in [3.05, 3.63) is 35.4 Å². The monoisotopic (exact) mass is 476 g/mol. The second-order valence-corrected chi connectivity index (χ2v) is 12.1. The smallest absolute Gasteiger partial charge is 0.233 e. The average Bonchev–Trinajstić information content (AvgIpc) is 3.54. The molecule has 2 saturated carbocycles. The Labute approximate surface area is 204 Å². The number of fused-ring (bicyclic) bond motifs is 1. The van der Waals surface area contributed by atoms with Gasteiger partial charge < -0.3 is 14.9 Å². The Morgan fingerprint density at radius 1 is 1.03 bits per heavy atom. The highest BCUT2D eigenvalue weighted by molar-refractivity contribution is 6.06. The van der Waals surface area contributed by atoms with E-state index in [1.165, 1.54) is 17.7 Å². The lowest BCUT2D eigenvalue weighted by Gasteiger charge is -2.64. The SMILES string of the molecule is O=C1C2CC=CCC2C(=O)N1C1CCC2(O)C3Cc4ccc(O)c5c4C2(CCN3CC2CC2)C1O5.